The molecular weight excluding hydrogens is 284 g/mol. The van der Waals surface area contributed by atoms with Gasteiger partial charge in [0.1, 0.15) is 0 Å². The fourth-order valence-electron chi connectivity index (χ4n) is 2.07. The van der Waals surface area contributed by atoms with Gasteiger partial charge in [-0.15, -0.1) is 0 Å². The normalized spacial score (nSPS) is 10.9. The fourth-order valence-corrected chi connectivity index (χ4v) is 2.07. The van der Waals surface area contributed by atoms with Crippen molar-refractivity contribution in [2.75, 3.05) is 0 Å². The molecule has 0 amide bonds. The van der Waals surface area contributed by atoms with Gasteiger partial charge in [-0.1, -0.05) is 68.9 Å². The van der Waals surface area contributed by atoms with E-state index in [2.05, 4.69) is 30.6 Å². The first-order valence-electron chi connectivity index (χ1n) is 8.44. The summed E-state index contributed by atoms with van der Waals surface area (Å²) in [7, 11) is 0. The van der Waals surface area contributed by atoms with Gasteiger partial charge in [0.15, 0.2) is 0 Å². The van der Waals surface area contributed by atoms with E-state index in [4.69, 9.17) is 5.11 Å². The summed E-state index contributed by atoms with van der Waals surface area (Å²) in [6.07, 6.45) is 7.01. The first-order chi connectivity index (χ1) is 11.1. The van der Waals surface area contributed by atoms with Crippen LogP contribution in [0.15, 0.2) is 24.3 Å². The zero-order valence-corrected chi connectivity index (χ0v) is 14.2. The number of benzene rings is 1. The van der Waals surface area contributed by atoms with Crippen LogP contribution in [0, 0.1) is 29.6 Å². The van der Waals surface area contributed by atoms with Crippen LogP contribution in [0.2, 0.25) is 0 Å². The van der Waals surface area contributed by atoms with Crippen LogP contribution in [-0.4, -0.2) is 11.1 Å². The third kappa shape index (κ3) is 8.12. The van der Waals surface area contributed by atoms with Crippen molar-refractivity contribution in [3.8, 4) is 23.7 Å². The van der Waals surface area contributed by atoms with Gasteiger partial charge in [-0.2, -0.15) is 0 Å². The van der Waals surface area contributed by atoms with Crippen molar-refractivity contribution in [1.82, 2.24) is 0 Å². The zero-order valence-electron chi connectivity index (χ0n) is 14.2. The van der Waals surface area contributed by atoms with Crippen LogP contribution in [-0.2, 0) is 4.79 Å². The summed E-state index contributed by atoms with van der Waals surface area (Å²) in [4.78, 5) is 10.8. The second-order valence-electron chi connectivity index (χ2n) is 5.74. The molecule has 0 aliphatic rings. The third-order valence-corrected chi connectivity index (χ3v) is 3.65. The fraction of sp³-hybridized carbons (Fsp3) is 0.476. The van der Waals surface area contributed by atoms with Gasteiger partial charge < -0.3 is 5.11 Å². The Bertz CT molecular complexity index is 608. The van der Waals surface area contributed by atoms with Crippen LogP contribution in [0.1, 0.15) is 69.9 Å². The van der Waals surface area contributed by atoms with Gasteiger partial charge in [-0.3, -0.25) is 4.79 Å². The predicted octanol–water partition coefficient (Wildman–Crippen LogP) is 4.86. The lowest BCUT2D eigenvalue weighted by Crippen LogP contribution is -2.08. The number of carbonyl (C=O) groups is 1. The Labute approximate surface area is 140 Å². The molecule has 23 heavy (non-hydrogen) atoms. The highest BCUT2D eigenvalue weighted by molar-refractivity contribution is 5.69. The van der Waals surface area contributed by atoms with Crippen LogP contribution in [0.25, 0.3) is 0 Å². The summed E-state index contributed by atoms with van der Waals surface area (Å²) in [5.74, 6) is 11.5. The van der Waals surface area contributed by atoms with Crippen LogP contribution in [0.3, 0.4) is 0 Å². The Morgan fingerprint density at radius 2 is 1.65 bits per heavy atom. The summed E-state index contributed by atoms with van der Waals surface area (Å²) in [5, 5.41) is 8.85. The van der Waals surface area contributed by atoms with Crippen molar-refractivity contribution in [2.24, 2.45) is 5.92 Å². The molecule has 0 aliphatic carbocycles. The highest BCUT2D eigenvalue weighted by atomic mass is 16.4. The smallest absolute Gasteiger partial charge is 0.306 e. The topological polar surface area (TPSA) is 37.3 Å². The maximum Gasteiger partial charge on any atom is 0.306 e. The van der Waals surface area contributed by atoms with E-state index in [9.17, 15) is 4.79 Å². The lowest BCUT2D eigenvalue weighted by atomic mass is 10.0. The van der Waals surface area contributed by atoms with E-state index in [1.165, 1.54) is 19.3 Å². The second-order valence-corrected chi connectivity index (χ2v) is 5.74. The maximum atomic E-state index is 10.8. The molecule has 0 saturated carbocycles. The Hall–Kier alpha value is -2.19. The van der Waals surface area contributed by atoms with E-state index in [1.807, 2.05) is 24.3 Å². The first-order valence-corrected chi connectivity index (χ1v) is 8.44. The molecule has 1 atom stereocenters. The van der Waals surface area contributed by atoms with Crippen molar-refractivity contribution in [1.29, 1.82) is 0 Å². The first kappa shape index (κ1) is 18.9. The van der Waals surface area contributed by atoms with E-state index in [0.29, 0.717) is 12.8 Å². The Morgan fingerprint density at radius 1 is 1.04 bits per heavy atom. The number of carboxylic acids is 1. The van der Waals surface area contributed by atoms with Gasteiger partial charge in [0.05, 0.1) is 5.92 Å². The molecule has 0 heterocycles. The molecule has 0 saturated heterocycles. The molecule has 2 nitrogen and oxygen atoms in total. The van der Waals surface area contributed by atoms with Crippen molar-refractivity contribution >= 4 is 5.97 Å². The van der Waals surface area contributed by atoms with E-state index >= 15 is 0 Å². The molecule has 0 radical (unpaired) electrons. The van der Waals surface area contributed by atoms with Gasteiger partial charge in [0, 0.05) is 24.0 Å². The van der Waals surface area contributed by atoms with Crippen LogP contribution >= 0.6 is 0 Å². The Balaban J connectivity index is 2.57. The molecule has 0 spiro atoms. The highest BCUT2D eigenvalue weighted by Crippen LogP contribution is 2.08. The summed E-state index contributed by atoms with van der Waals surface area (Å²) in [6, 6.07) is 7.88. The number of carboxylic acid groups (broad SMARTS) is 1. The molecule has 0 fully saturated rings. The Kier molecular flexibility index (Phi) is 9.34. The van der Waals surface area contributed by atoms with Gasteiger partial charge >= 0.3 is 5.97 Å². The van der Waals surface area contributed by atoms with Crippen molar-refractivity contribution in [3.63, 3.8) is 0 Å². The molecule has 122 valence electrons. The lowest BCUT2D eigenvalue weighted by molar-refractivity contribution is -0.141. The number of aliphatic carboxylic acids is 1. The van der Waals surface area contributed by atoms with E-state index in [0.717, 1.165) is 24.0 Å². The summed E-state index contributed by atoms with van der Waals surface area (Å²) in [5.41, 5.74) is 1.89. The maximum absolute atomic E-state index is 10.8. The number of unbranched alkanes of at least 4 members (excludes halogenated alkanes) is 4. The van der Waals surface area contributed by atoms with Crippen LogP contribution in [0.4, 0.5) is 0 Å². The van der Waals surface area contributed by atoms with E-state index in [-0.39, 0.29) is 5.92 Å². The minimum Gasteiger partial charge on any atom is -0.481 e. The molecule has 1 aromatic carbocycles. The minimum atomic E-state index is -0.763. The van der Waals surface area contributed by atoms with E-state index < -0.39 is 5.97 Å². The van der Waals surface area contributed by atoms with Gasteiger partial charge in [0.25, 0.3) is 0 Å². The average molecular weight is 310 g/mol. The molecule has 1 N–H and O–H groups in total. The SMILES string of the molecule is CCCCCCC#Cc1ccccc1C#CCCC(C)C(=O)O. The van der Waals surface area contributed by atoms with Crippen molar-refractivity contribution in [3.05, 3.63) is 35.4 Å². The van der Waals surface area contributed by atoms with Crippen molar-refractivity contribution < 1.29 is 9.90 Å². The molecule has 0 aromatic heterocycles. The predicted molar refractivity (Wildman–Crippen MR) is 95.0 cm³/mol. The van der Waals surface area contributed by atoms with E-state index in [1.54, 1.807) is 6.92 Å². The Morgan fingerprint density at radius 3 is 2.22 bits per heavy atom. The average Bonchev–Trinajstić information content (AvgIpc) is 2.55. The third-order valence-electron chi connectivity index (χ3n) is 3.65. The molecule has 1 rings (SSSR count). The number of rotatable bonds is 7. The molecule has 2 heteroatoms. The number of hydrogen-bond donors (Lipinski definition) is 1. The largest absolute Gasteiger partial charge is 0.481 e. The van der Waals surface area contributed by atoms with Gasteiger partial charge in [0.2, 0.25) is 0 Å². The zero-order chi connectivity index (χ0) is 16.9. The molecule has 1 unspecified atom stereocenters. The standard InChI is InChI=1S/C21H26O2/c1-3-4-5-6-7-8-14-19-16-11-12-17-20(19)15-10-9-13-18(2)21(22)23/h11-12,16-18H,3-7,9,13H2,1-2H3,(H,22,23). The van der Waals surface area contributed by atoms with Gasteiger partial charge in [-0.25, -0.2) is 0 Å². The van der Waals surface area contributed by atoms with Crippen LogP contribution < -0.4 is 0 Å². The van der Waals surface area contributed by atoms with Crippen molar-refractivity contribution in [2.45, 2.75) is 58.8 Å². The molecule has 0 bridgehead atoms. The number of hydrogen-bond acceptors (Lipinski definition) is 1. The second kappa shape index (κ2) is 11.4. The quantitative estimate of drug-likeness (QED) is 0.577. The summed E-state index contributed by atoms with van der Waals surface area (Å²) < 4.78 is 0. The summed E-state index contributed by atoms with van der Waals surface area (Å²) in [6.45, 7) is 3.92. The van der Waals surface area contributed by atoms with Crippen LogP contribution in [0.5, 0.6) is 0 Å². The monoisotopic (exact) mass is 310 g/mol. The summed E-state index contributed by atoms with van der Waals surface area (Å²) >= 11 is 0. The van der Waals surface area contributed by atoms with Gasteiger partial charge in [-0.05, 0) is 25.0 Å². The molecular formula is C21H26O2. The lowest BCUT2D eigenvalue weighted by Gasteiger charge is -2.00. The molecule has 1 aromatic rings. The highest BCUT2D eigenvalue weighted by Gasteiger charge is 2.08. The minimum absolute atomic E-state index is 0.345. The molecule has 0 aliphatic heterocycles.